The Morgan fingerprint density at radius 3 is 2.14 bits per heavy atom. The van der Waals surface area contributed by atoms with Gasteiger partial charge in [-0.3, -0.25) is 4.79 Å². The number of hydrogen-bond acceptors (Lipinski definition) is 5. The number of Topliss-reactive ketones (excluding diaryl/α,β-unsaturated/α-hetero) is 1. The van der Waals surface area contributed by atoms with Crippen molar-refractivity contribution in [3.8, 4) is 0 Å². The van der Waals surface area contributed by atoms with Gasteiger partial charge in [-0.15, -0.1) is 6.58 Å². The fourth-order valence-electron chi connectivity index (χ4n) is 0.926. The molecule has 4 N–H and O–H groups in total. The van der Waals surface area contributed by atoms with Gasteiger partial charge in [0.1, 0.15) is 18.3 Å². The van der Waals surface area contributed by atoms with Crippen LogP contribution in [-0.4, -0.2) is 50.6 Å². The zero-order valence-electron chi connectivity index (χ0n) is 8.00. The molecule has 0 fully saturated rings. The Morgan fingerprint density at radius 1 is 1.29 bits per heavy atom. The van der Waals surface area contributed by atoms with Gasteiger partial charge in [0.05, 0.1) is 6.10 Å². The molecule has 0 saturated heterocycles. The van der Waals surface area contributed by atoms with Crippen LogP contribution in [0.4, 0.5) is 0 Å². The normalized spacial score (nSPS) is 19.5. The predicted octanol–water partition coefficient (Wildman–Crippen LogP) is -1.40. The molecule has 5 nitrogen and oxygen atoms in total. The zero-order chi connectivity index (χ0) is 11.3. The van der Waals surface area contributed by atoms with E-state index in [2.05, 4.69) is 6.58 Å². The van der Waals surface area contributed by atoms with Crippen LogP contribution in [0.15, 0.2) is 12.7 Å². The lowest BCUT2D eigenvalue weighted by Gasteiger charge is -2.23. The third kappa shape index (κ3) is 3.55. The van der Waals surface area contributed by atoms with Crippen molar-refractivity contribution in [2.75, 3.05) is 0 Å². The second kappa shape index (κ2) is 5.87. The van der Waals surface area contributed by atoms with E-state index in [9.17, 15) is 15.0 Å². The molecule has 0 aromatic carbocycles. The second-order valence-corrected chi connectivity index (χ2v) is 3.13. The predicted molar refractivity (Wildman–Crippen MR) is 49.5 cm³/mol. The average Bonchev–Trinajstić information content (AvgIpc) is 2.14. The Kier molecular flexibility index (Phi) is 5.56. The molecule has 0 aliphatic carbocycles. The standard InChI is InChI=1S/C9H16O5/c1-3-4-6(11)8(13)9(14)7(12)5(2)10/h3,5,7-10,12-14H,1,4H2,2H3/t5-,7+,8+,9+/m0/s1. The van der Waals surface area contributed by atoms with Crippen molar-refractivity contribution in [2.45, 2.75) is 37.8 Å². The third-order valence-electron chi connectivity index (χ3n) is 1.84. The van der Waals surface area contributed by atoms with Crippen LogP contribution in [0.3, 0.4) is 0 Å². The van der Waals surface area contributed by atoms with E-state index in [1.165, 1.54) is 13.0 Å². The van der Waals surface area contributed by atoms with Crippen LogP contribution in [-0.2, 0) is 4.79 Å². The van der Waals surface area contributed by atoms with Crippen molar-refractivity contribution in [3.05, 3.63) is 12.7 Å². The molecule has 0 amide bonds. The molecule has 0 radical (unpaired) electrons. The van der Waals surface area contributed by atoms with E-state index in [0.717, 1.165) is 0 Å². The minimum atomic E-state index is -1.70. The highest BCUT2D eigenvalue weighted by Gasteiger charge is 2.31. The summed E-state index contributed by atoms with van der Waals surface area (Å²) in [6, 6.07) is 0. The van der Waals surface area contributed by atoms with E-state index in [4.69, 9.17) is 10.2 Å². The molecule has 5 heteroatoms. The summed E-state index contributed by atoms with van der Waals surface area (Å²) in [6.07, 6.45) is -4.94. The minimum Gasteiger partial charge on any atom is -0.391 e. The Balaban J connectivity index is 4.29. The molecule has 0 unspecified atom stereocenters. The van der Waals surface area contributed by atoms with E-state index in [-0.39, 0.29) is 6.42 Å². The summed E-state index contributed by atoms with van der Waals surface area (Å²) in [4.78, 5) is 11.0. The van der Waals surface area contributed by atoms with Crippen molar-refractivity contribution in [1.29, 1.82) is 0 Å². The van der Waals surface area contributed by atoms with Crippen LogP contribution in [0.1, 0.15) is 13.3 Å². The van der Waals surface area contributed by atoms with Gasteiger partial charge in [-0.2, -0.15) is 0 Å². The van der Waals surface area contributed by atoms with E-state index in [1.807, 2.05) is 0 Å². The van der Waals surface area contributed by atoms with E-state index < -0.39 is 30.2 Å². The number of aliphatic hydroxyl groups excluding tert-OH is 4. The lowest BCUT2D eigenvalue weighted by molar-refractivity contribution is -0.143. The molecule has 0 heterocycles. The highest BCUT2D eigenvalue weighted by molar-refractivity contribution is 5.84. The maximum Gasteiger partial charge on any atom is 0.167 e. The Hall–Kier alpha value is -0.750. The van der Waals surface area contributed by atoms with Gasteiger partial charge < -0.3 is 20.4 Å². The topological polar surface area (TPSA) is 98.0 Å². The Bertz CT molecular complexity index is 201. The molecule has 0 aliphatic rings. The number of ketones is 1. The first-order chi connectivity index (χ1) is 6.41. The zero-order valence-corrected chi connectivity index (χ0v) is 8.00. The van der Waals surface area contributed by atoms with Gasteiger partial charge in [-0.1, -0.05) is 6.08 Å². The Labute approximate surface area is 82.3 Å². The molecular formula is C9H16O5. The number of aliphatic hydroxyl groups is 4. The largest absolute Gasteiger partial charge is 0.391 e. The summed E-state index contributed by atoms with van der Waals surface area (Å²) in [5.41, 5.74) is 0. The number of rotatable bonds is 6. The summed E-state index contributed by atoms with van der Waals surface area (Å²) < 4.78 is 0. The van der Waals surface area contributed by atoms with E-state index in [1.54, 1.807) is 0 Å². The van der Waals surface area contributed by atoms with Crippen LogP contribution < -0.4 is 0 Å². The quantitative estimate of drug-likeness (QED) is 0.399. The monoisotopic (exact) mass is 204 g/mol. The maximum absolute atomic E-state index is 11.0. The van der Waals surface area contributed by atoms with Crippen LogP contribution in [0.5, 0.6) is 0 Å². The van der Waals surface area contributed by atoms with Gasteiger partial charge >= 0.3 is 0 Å². The molecule has 0 saturated carbocycles. The molecule has 14 heavy (non-hydrogen) atoms. The summed E-state index contributed by atoms with van der Waals surface area (Å²) in [5, 5.41) is 36.5. The van der Waals surface area contributed by atoms with Crippen LogP contribution in [0.2, 0.25) is 0 Å². The number of carbonyl (C=O) groups is 1. The summed E-state index contributed by atoms with van der Waals surface area (Å²) in [6.45, 7) is 4.55. The first kappa shape index (κ1) is 13.2. The van der Waals surface area contributed by atoms with Crippen molar-refractivity contribution >= 4 is 5.78 Å². The molecular weight excluding hydrogens is 188 g/mol. The van der Waals surface area contributed by atoms with Crippen molar-refractivity contribution in [3.63, 3.8) is 0 Å². The minimum absolute atomic E-state index is 0.0925. The first-order valence-electron chi connectivity index (χ1n) is 4.27. The molecule has 0 aromatic heterocycles. The lowest BCUT2D eigenvalue weighted by Crippen LogP contribution is -2.46. The fourth-order valence-corrected chi connectivity index (χ4v) is 0.926. The third-order valence-corrected chi connectivity index (χ3v) is 1.84. The molecule has 0 bridgehead atoms. The smallest absolute Gasteiger partial charge is 0.167 e. The number of carbonyl (C=O) groups excluding carboxylic acids is 1. The van der Waals surface area contributed by atoms with Gasteiger partial charge in [0.25, 0.3) is 0 Å². The Morgan fingerprint density at radius 2 is 1.79 bits per heavy atom. The molecule has 0 aliphatic heterocycles. The molecule has 82 valence electrons. The van der Waals surface area contributed by atoms with Gasteiger partial charge in [-0.25, -0.2) is 0 Å². The maximum atomic E-state index is 11.0. The van der Waals surface area contributed by atoms with Gasteiger partial charge in [-0.05, 0) is 6.92 Å². The lowest BCUT2D eigenvalue weighted by atomic mass is 9.99. The molecule has 4 atom stereocenters. The molecule has 0 rings (SSSR count). The first-order valence-corrected chi connectivity index (χ1v) is 4.27. The van der Waals surface area contributed by atoms with Gasteiger partial charge in [0, 0.05) is 6.42 Å². The number of allylic oxidation sites excluding steroid dienone is 1. The highest BCUT2D eigenvalue weighted by Crippen LogP contribution is 2.07. The van der Waals surface area contributed by atoms with Crippen molar-refractivity contribution in [2.24, 2.45) is 0 Å². The number of hydrogen-bond donors (Lipinski definition) is 4. The van der Waals surface area contributed by atoms with Crippen molar-refractivity contribution < 1.29 is 25.2 Å². The molecule has 0 spiro atoms. The van der Waals surface area contributed by atoms with Crippen LogP contribution in [0, 0.1) is 0 Å². The fraction of sp³-hybridized carbons (Fsp3) is 0.667. The van der Waals surface area contributed by atoms with Gasteiger partial charge in [0.15, 0.2) is 5.78 Å². The summed E-state index contributed by atoms with van der Waals surface area (Å²) >= 11 is 0. The van der Waals surface area contributed by atoms with Crippen LogP contribution in [0.25, 0.3) is 0 Å². The van der Waals surface area contributed by atoms with Crippen molar-refractivity contribution in [1.82, 2.24) is 0 Å². The van der Waals surface area contributed by atoms with E-state index in [0.29, 0.717) is 0 Å². The average molecular weight is 204 g/mol. The summed E-state index contributed by atoms with van der Waals surface area (Å²) in [7, 11) is 0. The SMILES string of the molecule is C=CCC(=O)[C@@H](O)[C@H](O)[C@H](O)[C@H](C)O. The molecule has 0 aromatic rings. The van der Waals surface area contributed by atoms with E-state index >= 15 is 0 Å². The highest BCUT2D eigenvalue weighted by atomic mass is 16.4. The van der Waals surface area contributed by atoms with Gasteiger partial charge in [0.2, 0.25) is 0 Å². The summed E-state index contributed by atoms with van der Waals surface area (Å²) in [5.74, 6) is -0.646. The second-order valence-electron chi connectivity index (χ2n) is 3.13. The van der Waals surface area contributed by atoms with Crippen LogP contribution >= 0.6 is 0 Å².